The lowest BCUT2D eigenvalue weighted by Crippen LogP contribution is -2.21. The lowest BCUT2D eigenvalue weighted by atomic mass is 10.3. The smallest absolute Gasteiger partial charge is 0.0700 e. The predicted molar refractivity (Wildman–Crippen MR) is 45.7 cm³/mol. The number of hydrogen-bond acceptors (Lipinski definition) is 4. The van der Waals surface area contributed by atoms with E-state index >= 15 is 0 Å². The van der Waals surface area contributed by atoms with Crippen LogP contribution in [0, 0.1) is 0 Å². The molecular formula is C7H15O4S-. The fourth-order valence-corrected chi connectivity index (χ4v) is 1.15. The molecular weight excluding hydrogens is 180 g/mol. The highest BCUT2D eigenvalue weighted by molar-refractivity contribution is 7.79. The maximum atomic E-state index is 10.5. The van der Waals surface area contributed by atoms with Gasteiger partial charge in [0.25, 0.3) is 0 Å². The average Bonchev–Trinajstić information content (AvgIpc) is 2.04. The molecule has 2 unspecified atom stereocenters. The summed E-state index contributed by atoms with van der Waals surface area (Å²) in [4.78, 5) is 0. The fourth-order valence-electron chi connectivity index (χ4n) is 0.667. The van der Waals surface area contributed by atoms with Gasteiger partial charge in [-0.2, -0.15) is 0 Å². The Morgan fingerprint density at radius 1 is 1.50 bits per heavy atom. The van der Waals surface area contributed by atoms with Gasteiger partial charge in [0.15, 0.2) is 0 Å². The van der Waals surface area contributed by atoms with Crippen molar-refractivity contribution in [2.45, 2.75) is 18.6 Å². The van der Waals surface area contributed by atoms with Gasteiger partial charge in [0.05, 0.1) is 19.8 Å². The van der Waals surface area contributed by atoms with Gasteiger partial charge in [-0.05, 0) is 17.5 Å². The molecule has 2 atom stereocenters. The van der Waals surface area contributed by atoms with Gasteiger partial charge in [0, 0.05) is 12.4 Å². The Bertz CT molecular complexity index is 129. The van der Waals surface area contributed by atoms with Crippen LogP contribution in [0.25, 0.3) is 0 Å². The molecule has 0 radical (unpaired) electrons. The van der Waals surface area contributed by atoms with Crippen molar-refractivity contribution in [3.8, 4) is 0 Å². The number of methoxy groups -OCH3 is 1. The van der Waals surface area contributed by atoms with Crippen molar-refractivity contribution >= 4 is 11.1 Å². The van der Waals surface area contributed by atoms with Gasteiger partial charge >= 0.3 is 0 Å². The van der Waals surface area contributed by atoms with E-state index in [-0.39, 0.29) is 11.9 Å². The first-order valence-corrected chi connectivity index (χ1v) is 5.00. The summed E-state index contributed by atoms with van der Waals surface area (Å²) in [5, 5.41) is -0.387. The second-order valence-electron chi connectivity index (χ2n) is 2.36. The largest absolute Gasteiger partial charge is 0.772 e. The molecule has 0 fully saturated rings. The van der Waals surface area contributed by atoms with Gasteiger partial charge in [-0.25, -0.2) is 0 Å². The average molecular weight is 195 g/mol. The molecule has 0 saturated carbocycles. The van der Waals surface area contributed by atoms with E-state index in [4.69, 9.17) is 9.47 Å². The third kappa shape index (κ3) is 5.65. The monoisotopic (exact) mass is 195 g/mol. The number of hydrogen-bond donors (Lipinski definition) is 0. The Kier molecular flexibility index (Phi) is 7.69. The predicted octanol–water partition coefficient (Wildman–Crippen LogP) is 0.307. The van der Waals surface area contributed by atoms with Crippen LogP contribution in [0.2, 0.25) is 0 Å². The van der Waals surface area contributed by atoms with Crippen LogP contribution in [0.3, 0.4) is 0 Å². The summed E-state index contributed by atoms with van der Waals surface area (Å²) < 4.78 is 30.8. The third-order valence-corrected chi connectivity index (χ3v) is 2.48. The molecule has 0 aliphatic heterocycles. The van der Waals surface area contributed by atoms with Crippen molar-refractivity contribution in [2.24, 2.45) is 0 Å². The van der Waals surface area contributed by atoms with E-state index in [1.165, 1.54) is 0 Å². The first-order chi connectivity index (χ1) is 5.72. The molecule has 0 aromatic carbocycles. The quantitative estimate of drug-likeness (QED) is 0.433. The normalized spacial score (nSPS) is 15.9. The third-order valence-electron chi connectivity index (χ3n) is 1.46. The van der Waals surface area contributed by atoms with Crippen LogP contribution in [0.15, 0.2) is 0 Å². The summed E-state index contributed by atoms with van der Waals surface area (Å²) in [7, 11) is 1.58. The SMILES string of the molecule is CCC(COCCOC)S(=O)[O-]. The molecule has 5 heteroatoms. The molecule has 4 nitrogen and oxygen atoms in total. The second kappa shape index (κ2) is 7.67. The molecule has 0 aromatic heterocycles. The van der Waals surface area contributed by atoms with E-state index < -0.39 is 11.1 Å². The molecule has 12 heavy (non-hydrogen) atoms. The van der Waals surface area contributed by atoms with Crippen molar-refractivity contribution in [2.75, 3.05) is 26.9 Å². The first kappa shape index (κ1) is 12.0. The Hall–Kier alpha value is 0.0300. The minimum absolute atomic E-state index is 0.260. The minimum atomic E-state index is -2.02. The second-order valence-corrected chi connectivity index (χ2v) is 3.55. The molecule has 0 rings (SSSR count). The molecule has 0 aromatic rings. The standard InChI is InChI=1S/C7H16O4S/c1-3-7(12(8)9)6-11-5-4-10-2/h7H,3-6H2,1-2H3,(H,8,9)/p-1. The Morgan fingerprint density at radius 2 is 2.17 bits per heavy atom. The minimum Gasteiger partial charge on any atom is -0.772 e. The summed E-state index contributed by atoms with van der Waals surface area (Å²) in [6.45, 7) is 3.03. The lowest BCUT2D eigenvalue weighted by molar-refractivity contribution is 0.0700. The van der Waals surface area contributed by atoms with Crippen molar-refractivity contribution in [3.05, 3.63) is 0 Å². The zero-order chi connectivity index (χ0) is 9.40. The fraction of sp³-hybridized carbons (Fsp3) is 1.00. The summed E-state index contributed by atoms with van der Waals surface area (Å²) in [6.07, 6.45) is 0.586. The van der Waals surface area contributed by atoms with Crippen LogP contribution in [-0.2, 0) is 20.6 Å². The van der Waals surface area contributed by atoms with Crippen molar-refractivity contribution in [1.82, 2.24) is 0 Å². The molecule has 0 amide bonds. The molecule has 0 spiro atoms. The zero-order valence-corrected chi connectivity index (χ0v) is 8.26. The molecule has 0 aliphatic carbocycles. The maximum absolute atomic E-state index is 10.5. The first-order valence-electron chi connectivity index (χ1n) is 3.87. The number of rotatable bonds is 7. The van der Waals surface area contributed by atoms with E-state index in [0.29, 0.717) is 19.6 Å². The van der Waals surface area contributed by atoms with Gasteiger partial charge in [-0.3, -0.25) is 4.21 Å². The van der Waals surface area contributed by atoms with E-state index in [0.717, 1.165) is 0 Å². The Balaban J connectivity index is 3.38. The van der Waals surface area contributed by atoms with Gasteiger partial charge in [0.1, 0.15) is 0 Å². The molecule has 0 saturated heterocycles. The van der Waals surface area contributed by atoms with Crippen LogP contribution in [0.1, 0.15) is 13.3 Å². The highest BCUT2D eigenvalue weighted by atomic mass is 32.2. The molecule has 0 aliphatic rings. The van der Waals surface area contributed by atoms with Gasteiger partial charge in [-0.1, -0.05) is 6.92 Å². The summed E-state index contributed by atoms with van der Waals surface area (Å²) in [5.41, 5.74) is 0. The van der Waals surface area contributed by atoms with Crippen LogP contribution in [0.5, 0.6) is 0 Å². The summed E-state index contributed by atoms with van der Waals surface area (Å²) in [6, 6.07) is 0. The van der Waals surface area contributed by atoms with Gasteiger partial charge in [-0.15, -0.1) is 0 Å². The number of ether oxygens (including phenoxy) is 2. The van der Waals surface area contributed by atoms with Crippen molar-refractivity contribution in [3.63, 3.8) is 0 Å². The van der Waals surface area contributed by atoms with Gasteiger partial charge < -0.3 is 14.0 Å². The van der Waals surface area contributed by atoms with Crippen molar-refractivity contribution in [1.29, 1.82) is 0 Å². The molecule has 0 bridgehead atoms. The molecule has 74 valence electrons. The molecule has 0 N–H and O–H groups in total. The van der Waals surface area contributed by atoms with Gasteiger partial charge in [0.2, 0.25) is 0 Å². The topological polar surface area (TPSA) is 58.6 Å². The Labute approximate surface area is 75.5 Å². The van der Waals surface area contributed by atoms with Crippen LogP contribution >= 0.6 is 0 Å². The zero-order valence-electron chi connectivity index (χ0n) is 7.45. The van der Waals surface area contributed by atoms with E-state index in [1.54, 1.807) is 7.11 Å². The summed E-state index contributed by atoms with van der Waals surface area (Å²) >= 11 is -2.02. The van der Waals surface area contributed by atoms with Crippen molar-refractivity contribution < 1.29 is 18.2 Å². The van der Waals surface area contributed by atoms with E-state index in [1.807, 2.05) is 6.92 Å². The van der Waals surface area contributed by atoms with Crippen LogP contribution < -0.4 is 0 Å². The van der Waals surface area contributed by atoms with Crippen LogP contribution in [0.4, 0.5) is 0 Å². The molecule has 0 heterocycles. The van der Waals surface area contributed by atoms with E-state index in [9.17, 15) is 8.76 Å². The highest BCUT2D eigenvalue weighted by Crippen LogP contribution is 1.99. The maximum Gasteiger partial charge on any atom is 0.0700 e. The van der Waals surface area contributed by atoms with Crippen LogP contribution in [-0.4, -0.2) is 40.9 Å². The van der Waals surface area contributed by atoms with E-state index in [2.05, 4.69) is 0 Å². The lowest BCUT2D eigenvalue weighted by Gasteiger charge is -2.17. The summed E-state index contributed by atoms with van der Waals surface area (Å²) in [5.74, 6) is 0. The Morgan fingerprint density at radius 3 is 2.58 bits per heavy atom. The highest BCUT2D eigenvalue weighted by Gasteiger charge is 2.05.